The quantitative estimate of drug-likeness (QED) is 0.376. The number of anilines is 2. The fraction of sp³-hybridized carbons (Fsp3) is 0.414. The van der Waals surface area contributed by atoms with Crippen molar-refractivity contribution in [3.8, 4) is 5.88 Å². The summed E-state index contributed by atoms with van der Waals surface area (Å²) in [5.41, 5.74) is 2.40. The van der Waals surface area contributed by atoms with E-state index in [-0.39, 0.29) is 41.0 Å². The number of nitrogens with one attached hydrogen (secondary N) is 1. The number of carbonyl (C=O) groups excluding carboxylic acids is 2. The summed E-state index contributed by atoms with van der Waals surface area (Å²) in [4.78, 5) is 43.6. The van der Waals surface area contributed by atoms with Crippen LogP contribution in [0.5, 0.6) is 5.88 Å². The minimum atomic E-state index is -0.593. The van der Waals surface area contributed by atoms with E-state index in [1.54, 1.807) is 30.3 Å². The smallest absolute Gasteiger partial charge is 0.410 e. The minimum absolute atomic E-state index is 0.144. The van der Waals surface area contributed by atoms with E-state index in [4.69, 9.17) is 9.47 Å². The zero-order valence-corrected chi connectivity index (χ0v) is 24.2. The van der Waals surface area contributed by atoms with Crippen LogP contribution in [0.25, 0.3) is 16.7 Å². The van der Waals surface area contributed by atoms with Crippen LogP contribution < -0.4 is 15.0 Å². The third kappa shape index (κ3) is 5.59. The molecule has 3 aromatic heterocycles. The maximum atomic E-state index is 14.6. The number of aryl methyl sites for hydroxylation is 1. The van der Waals surface area contributed by atoms with Crippen LogP contribution in [-0.2, 0) is 4.74 Å². The van der Waals surface area contributed by atoms with E-state index >= 15 is 0 Å². The highest BCUT2D eigenvalue weighted by atomic mass is 19.1. The van der Waals surface area contributed by atoms with Crippen LogP contribution in [0.3, 0.4) is 0 Å². The van der Waals surface area contributed by atoms with E-state index in [2.05, 4.69) is 25.2 Å². The monoisotopic (exact) mass is 563 g/mol. The number of piperazine rings is 1. The van der Waals surface area contributed by atoms with Crippen LogP contribution in [0.2, 0.25) is 0 Å². The molecule has 41 heavy (non-hydrogen) atoms. The molecule has 0 bridgehead atoms. The van der Waals surface area contributed by atoms with E-state index in [0.29, 0.717) is 29.8 Å². The molecule has 0 unspecified atom stereocenters. The van der Waals surface area contributed by atoms with Crippen molar-refractivity contribution in [2.24, 2.45) is 0 Å². The van der Waals surface area contributed by atoms with Gasteiger partial charge in [-0.2, -0.15) is 0 Å². The molecule has 0 spiro atoms. The lowest BCUT2D eigenvalue weighted by Crippen LogP contribution is -2.59. The van der Waals surface area contributed by atoms with Crippen molar-refractivity contribution in [1.29, 1.82) is 0 Å². The van der Waals surface area contributed by atoms with Crippen LogP contribution in [0, 0.1) is 12.7 Å². The topological polar surface area (TPSA) is 114 Å². The van der Waals surface area contributed by atoms with Crippen molar-refractivity contribution >= 4 is 40.1 Å². The number of methoxy groups -OCH3 is 1. The van der Waals surface area contributed by atoms with Crippen LogP contribution in [0.15, 0.2) is 36.8 Å². The third-order valence-corrected chi connectivity index (χ3v) is 6.86. The molecule has 2 atom stereocenters. The van der Waals surface area contributed by atoms with Gasteiger partial charge in [0.15, 0.2) is 11.5 Å². The van der Waals surface area contributed by atoms with Crippen LogP contribution >= 0.6 is 0 Å². The number of hydrogen-bond acceptors (Lipinski definition) is 8. The lowest BCUT2D eigenvalue weighted by atomic mass is 10.1. The van der Waals surface area contributed by atoms with Gasteiger partial charge < -0.3 is 24.1 Å². The molecule has 216 valence electrons. The van der Waals surface area contributed by atoms with E-state index in [1.807, 2.05) is 40.7 Å². The Bertz CT molecular complexity index is 1640. The summed E-state index contributed by atoms with van der Waals surface area (Å²) in [6, 6.07) is 4.44. The van der Waals surface area contributed by atoms with Crippen molar-refractivity contribution in [1.82, 2.24) is 24.3 Å². The number of imidazole rings is 1. The SMILES string of the molecule is COc1cnc2c(N3C[C@@H](C)N(C(=O)OC(C)(C)C)[C@@H](C)C3)ccc(C(=O)Nc3cc(F)c4nc(C)cn4c3)c2n1. The van der Waals surface area contributed by atoms with Crippen molar-refractivity contribution < 1.29 is 23.5 Å². The summed E-state index contributed by atoms with van der Waals surface area (Å²) in [5, 5.41) is 2.77. The van der Waals surface area contributed by atoms with E-state index in [1.165, 1.54) is 23.8 Å². The zero-order chi connectivity index (χ0) is 29.6. The van der Waals surface area contributed by atoms with Crippen LogP contribution in [0.4, 0.5) is 20.6 Å². The molecule has 1 fully saturated rings. The van der Waals surface area contributed by atoms with E-state index < -0.39 is 17.3 Å². The molecule has 1 N–H and O–H groups in total. The lowest BCUT2D eigenvalue weighted by Gasteiger charge is -2.45. The van der Waals surface area contributed by atoms with Crippen molar-refractivity contribution in [3.05, 3.63) is 53.9 Å². The van der Waals surface area contributed by atoms with Crippen LogP contribution in [0.1, 0.15) is 50.7 Å². The second-order valence-corrected chi connectivity index (χ2v) is 11.4. The highest BCUT2D eigenvalue weighted by molar-refractivity contribution is 6.13. The molecule has 12 heteroatoms. The van der Waals surface area contributed by atoms with Crippen molar-refractivity contribution in [3.63, 3.8) is 0 Å². The molecule has 0 saturated carbocycles. The Kier molecular flexibility index (Phi) is 7.18. The first-order chi connectivity index (χ1) is 19.3. The van der Waals surface area contributed by atoms with Gasteiger partial charge in [-0.3, -0.25) is 9.69 Å². The molecule has 1 aliphatic rings. The lowest BCUT2D eigenvalue weighted by molar-refractivity contribution is 0.00566. The number of benzene rings is 1. The molecule has 0 radical (unpaired) electrons. The van der Waals surface area contributed by atoms with Gasteiger partial charge in [0.1, 0.15) is 16.6 Å². The number of rotatable bonds is 4. The van der Waals surface area contributed by atoms with Crippen LogP contribution in [-0.4, -0.2) is 74.1 Å². The van der Waals surface area contributed by atoms with E-state index in [0.717, 1.165) is 5.69 Å². The fourth-order valence-electron chi connectivity index (χ4n) is 5.25. The number of fused-ring (bicyclic) bond motifs is 2. The number of halogens is 1. The number of pyridine rings is 1. The van der Waals surface area contributed by atoms with Gasteiger partial charge in [-0.05, 0) is 53.7 Å². The predicted molar refractivity (Wildman–Crippen MR) is 153 cm³/mol. The Balaban J connectivity index is 1.46. The fourth-order valence-corrected chi connectivity index (χ4v) is 5.25. The Morgan fingerprint density at radius 1 is 1.07 bits per heavy atom. The highest BCUT2D eigenvalue weighted by Crippen LogP contribution is 2.32. The average Bonchev–Trinajstić information content (AvgIpc) is 3.26. The summed E-state index contributed by atoms with van der Waals surface area (Å²) in [6.45, 7) is 12.3. The number of ether oxygens (including phenoxy) is 2. The molecule has 1 aromatic carbocycles. The molecule has 5 rings (SSSR count). The summed E-state index contributed by atoms with van der Waals surface area (Å²) in [6.07, 6.45) is 4.44. The Morgan fingerprint density at radius 2 is 1.78 bits per heavy atom. The Morgan fingerprint density at radius 3 is 2.44 bits per heavy atom. The van der Waals surface area contributed by atoms with Crippen molar-refractivity contribution in [2.75, 3.05) is 30.4 Å². The highest BCUT2D eigenvalue weighted by Gasteiger charge is 2.36. The average molecular weight is 564 g/mol. The first kappa shape index (κ1) is 28.1. The minimum Gasteiger partial charge on any atom is -0.480 e. The Labute approximate surface area is 237 Å². The largest absolute Gasteiger partial charge is 0.480 e. The van der Waals surface area contributed by atoms with Gasteiger partial charge in [-0.15, -0.1) is 0 Å². The summed E-state index contributed by atoms with van der Waals surface area (Å²) >= 11 is 0. The van der Waals surface area contributed by atoms with Gasteiger partial charge in [0.25, 0.3) is 5.91 Å². The van der Waals surface area contributed by atoms with Gasteiger partial charge in [-0.25, -0.2) is 24.1 Å². The number of aromatic nitrogens is 4. The first-order valence-electron chi connectivity index (χ1n) is 13.4. The maximum absolute atomic E-state index is 14.6. The molecular formula is C29H34FN7O4. The molecular weight excluding hydrogens is 529 g/mol. The summed E-state index contributed by atoms with van der Waals surface area (Å²) in [7, 11) is 1.48. The molecule has 4 aromatic rings. The molecule has 2 amide bonds. The molecule has 11 nitrogen and oxygen atoms in total. The predicted octanol–water partition coefficient (Wildman–Crippen LogP) is 4.82. The summed E-state index contributed by atoms with van der Waals surface area (Å²) in [5.74, 6) is -0.774. The number of nitrogens with zero attached hydrogens (tertiary/aromatic N) is 6. The molecule has 1 aliphatic heterocycles. The number of carbonyl (C=O) groups is 2. The standard InChI is InChI=1S/C29H34FN7O4/c1-16-12-36-15-19(10-21(30)26(36)32-16)33-27(38)20-8-9-22(25-24(20)34-23(40-7)11-31-25)35-13-17(2)37(18(3)14-35)28(39)41-29(4,5)6/h8-12,15,17-18H,13-14H2,1-7H3,(H,33,38)/t17-,18+. The van der Waals surface area contributed by atoms with Gasteiger partial charge in [0, 0.05) is 31.5 Å². The third-order valence-electron chi connectivity index (χ3n) is 6.86. The van der Waals surface area contributed by atoms with Gasteiger partial charge in [0.2, 0.25) is 5.88 Å². The normalized spacial score (nSPS) is 17.7. The van der Waals surface area contributed by atoms with Gasteiger partial charge in [0.05, 0.1) is 48.0 Å². The summed E-state index contributed by atoms with van der Waals surface area (Å²) < 4.78 is 27.1. The second-order valence-electron chi connectivity index (χ2n) is 11.4. The number of hydrogen-bond donors (Lipinski definition) is 1. The molecule has 1 saturated heterocycles. The zero-order valence-electron chi connectivity index (χ0n) is 24.2. The Hall–Kier alpha value is -4.48. The first-order valence-corrected chi connectivity index (χ1v) is 13.4. The maximum Gasteiger partial charge on any atom is 0.410 e. The van der Waals surface area contributed by atoms with Gasteiger partial charge in [-0.1, -0.05) is 0 Å². The second kappa shape index (κ2) is 10.5. The molecule has 4 heterocycles. The van der Waals surface area contributed by atoms with Gasteiger partial charge >= 0.3 is 6.09 Å². The van der Waals surface area contributed by atoms with Crippen molar-refractivity contribution in [2.45, 2.75) is 59.2 Å². The van der Waals surface area contributed by atoms with E-state index in [9.17, 15) is 14.0 Å². The number of amides is 2. The molecule has 0 aliphatic carbocycles.